The minimum Gasteiger partial charge on any atom is -0.381 e. The zero-order valence-electron chi connectivity index (χ0n) is 14.2. The van der Waals surface area contributed by atoms with Crippen LogP contribution in [0.2, 0.25) is 0 Å². The summed E-state index contributed by atoms with van der Waals surface area (Å²) >= 11 is 0. The van der Waals surface area contributed by atoms with Gasteiger partial charge in [-0.2, -0.15) is 4.98 Å². The molecule has 0 aromatic carbocycles. The Hall–Kier alpha value is -1.43. The first-order chi connectivity index (χ1) is 11.1. The number of ether oxygens (including phenoxy) is 1. The van der Waals surface area contributed by atoms with Gasteiger partial charge in [-0.25, -0.2) is 0 Å². The molecule has 2 aliphatic rings. The normalized spacial score (nSPS) is 21.1. The molecule has 3 rings (SSSR count). The molecule has 0 radical (unpaired) electrons. The lowest BCUT2D eigenvalue weighted by atomic mass is 9.93. The second-order valence-electron chi connectivity index (χ2n) is 7.06. The number of rotatable bonds is 4. The van der Waals surface area contributed by atoms with Gasteiger partial charge in [0.25, 0.3) is 0 Å². The third-order valence-electron chi connectivity index (χ3n) is 4.95. The molecule has 128 valence electrons. The van der Waals surface area contributed by atoms with Crippen LogP contribution in [0, 0.1) is 11.8 Å². The van der Waals surface area contributed by atoms with E-state index >= 15 is 0 Å². The van der Waals surface area contributed by atoms with Crippen molar-refractivity contribution in [3.63, 3.8) is 0 Å². The van der Waals surface area contributed by atoms with Crippen LogP contribution in [0.1, 0.15) is 57.2 Å². The highest BCUT2D eigenvalue weighted by atomic mass is 16.5. The molecular weight excluding hydrogens is 294 g/mol. The van der Waals surface area contributed by atoms with Gasteiger partial charge in [0.2, 0.25) is 11.8 Å². The molecule has 0 N–H and O–H groups in total. The quantitative estimate of drug-likeness (QED) is 0.852. The first kappa shape index (κ1) is 16.4. The van der Waals surface area contributed by atoms with Gasteiger partial charge >= 0.3 is 0 Å². The molecule has 3 heterocycles. The lowest BCUT2D eigenvalue weighted by Crippen LogP contribution is -2.40. The maximum Gasteiger partial charge on any atom is 0.226 e. The third-order valence-corrected chi connectivity index (χ3v) is 4.95. The van der Waals surface area contributed by atoms with Crippen LogP contribution in [-0.2, 0) is 16.0 Å². The first-order valence-electron chi connectivity index (χ1n) is 8.82. The van der Waals surface area contributed by atoms with Gasteiger partial charge in [0.15, 0.2) is 5.82 Å². The van der Waals surface area contributed by atoms with E-state index in [1.807, 2.05) is 18.7 Å². The molecule has 2 saturated heterocycles. The molecule has 0 atom stereocenters. The first-order valence-corrected chi connectivity index (χ1v) is 8.82. The number of aromatic nitrogens is 2. The zero-order valence-corrected chi connectivity index (χ0v) is 14.2. The van der Waals surface area contributed by atoms with Crippen LogP contribution in [-0.4, -0.2) is 47.3 Å². The molecule has 1 amide bonds. The number of piperidine rings is 1. The summed E-state index contributed by atoms with van der Waals surface area (Å²) in [5.74, 6) is 2.87. The van der Waals surface area contributed by atoms with Crippen molar-refractivity contribution < 1.29 is 14.1 Å². The molecule has 1 aromatic rings. The fourth-order valence-corrected chi connectivity index (χ4v) is 3.44. The summed E-state index contributed by atoms with van der Waals surface area (Å²) in [6.07, 6.45) is 4.84. The second-order valence-corrected chi connectivity index (χ2v) is 7.06. The molecule has 6 heteroatoms. The van der Waals surface area contributed by atoms with Crippen LogP contribution >= 0.6 is 0 Å². The predicted molar refractivity (Wildman–Crippen MR) is 84.9 cm³/mol. The molecule has 2 fully saturated rings. The molecule has 23 heavy (non-hydrogen) atoms. The number of carbonyl (C=O) groups excluding carboxylic acids is 1. The number of likely N-dealkylation sites (tertiary alicyclic amines) is 1. The van der Waals surface area contributed by atoms with E-state index in [1.165, 1.54) is 0 Å². The van der Waals surface area contributed by atoms with Gasteiger partial charge < -0.3 is 14.2 Å². The molecule has 6 nitrogen and oxygen atoms in total. The fraction of sp³-hybridized carbons (Fsp3) is 0.824. The van der Waals surface area contributed by atoms with Gasteiger partial charge in [0.05, 0.1) is 0 Å². The second kappa shape index (κ2) is 7.43. The van der Waals surface area contributed by atoms with E-state index < -0.39 is 0 Å². The SMILES string of the molecule is CC(C)C(=O)N1CCC(Cc2nc(C3CCOCC3)no2)CC1. The molecule has 0 saturated carbocycles. The smallest absolute Gasteiger partial charge is 0.226 e. The summed E-state index contributed by atoms with van der Waals surface area (Å²) in [7, 11) is 0. The summed E-state index contributed by atoms with van der Waals surface area (Å²) in [5.41, 5.74) is 0. The van der Waals surface area contributed by atoms with Crippen molar-refractivity contribution in [2.24, 2.45) is 11.8 Å². The van der Waals surface area contributed by atoms with Crippen LogP contribution < -0.4 is 0 Å². The van der Waals surface area contributed by atoms with Crippen LogP contribution in [0.15, 0.2) is 4.52 Å². The van der Waals surface area contributed by atoms with Gasteiger partial charge in [0.1, 0.15) is 0 Å². The van der Waals surface area contributed by atoms with Gasteiger partial charge in [0, 0.05) is 44.6 Å². The highest BCUT2D eigenvalue weighted by molar-refractivity contribution is 5.78. The van der Waals surface area contributed by atoms with Crippen LogP contribution in [0.5, 0.6) is 0 Å². The lowest BCUT2D eigenvalue weighted by molar-refractivity contribution is -0.135. The number of hydrogen-bond donors (Lipinski definition) is 0. The molecular formula is C17H27N3O3. The number of amides is 1. The summed E-state index contributed by atoms with van der Waals surface area (Å²) in [6.45, 7) is 7.20. The van der Waals surface area contributed by atoms with Crippen molar-refractivity contribution in [2.75, 3.05) is 26.3 Å². The summed E-state index contributed by atoms with van der Waals surface area (Å²) in [4.78, 5) is 18.6. The Morgan fingerprint density at radius 2 is 1.91 bits per heavy atom. The fourth-order valence-electron chi connectivity index (χ4n) is 3.44. The van der Waals surface area contributed by atoms with E-state index in [2.05, 4.69) is 10.1 Å². The maximum absolute atomic E-state index is 12.0. The van der Waals surface area contributed by atoms with E-state index in [-0.39, 0.29) is 11.8 Å². The van der Waals surface area contributed by atoms with Crippen LogP contribution in [0.4, 0.5) is 0 Å². The van der Waals surface area contributed by atoms with Crippen molar-refractivity contribution >= 4 is 5.91 Å². The summed E-state index contributed by atoms with van der Waals surface area (Å²) in [5, 5.41) is 4.17. The average Bonchev–Trinajstić information content (AvgIpc) is 3.04. The standard InChI is InChI=1S/C17H27N3O3/c1-12(2)17(21)20-7-3-13(4-8-20)11-15-18-16(19-23-15)14-5-9-22-10-6-14/h12-14H,3-11H2,1-2H3. The van der Waals surface area contributed by atoms with E-state index in [9.17, 15) is 4.79 Å². The van der Waals surface area contributed by atoms with Crippen molar-refractivity contribution in [3.8, 4) is 0 Å². The summed E-state index contributed by atoms with van der Waals surface area (Å²) in [6, 6.07) is 0. The number of hydrogen-bond acceptors (Lipinski definition) is 5. The molecule has 1 aromatic heterocycles. The van der Waals surface area contributed by atoms with Crippen molar-refractivity contribution in [1.29, 1.82) is 0 Å². The number of carbonyl (C=O) groups is 1. The van der Waals surface area contributed by atoms with Gasteiger partial charge in [-0.05, 0) is 31.6 Å². The Labute approximate surface area is 137 Å². The Morgan fingerprint density at radius 3 is 2.57 bits per heavy atom. The average molecular weight is 321 g/mol. The minimum absolute atomic E-state index is 0.0875. The lowest BCUT2D eigenvalue weighted by Gasteiger charge is -2.32. The Bertz CT molecular complexity index is 515. The van der Waals surface area contributed by atoms with E-state index in [4.69, 9.17) is 9.26 Å². The van der Waals surface area contributed by atoms with Gasteiger partial charge in [-0.3, -0.25) is 4.79 Å². The molecule has 0 unspecified atom stereocenters. The topological polar surface area (TPSA) is 68.5 Å². The minimum atomic E-state index is 0.0875. The highest BCUT2D eigenvalue weighted by Crippen LogP contribution is 2.26. The van der Waals surface area contributed by atoms with E-state index in [1.54, 1.807) is 0 Å². The van der Waals surface area contributed by atoms with E-state index in [0.29, 0.717) is 11.8 Å². The monoisotopic (exact) mass is 321 g/mol. The van der Waals surface area contributed by atoms with Gasteiger partial charge in [-0.1, -0.05) is 19.0 Å². The molecule has 2 aliphatic heterocycles. The summed E-state index contributed by atoms with van der Waals surface area (Å²) < 4.78 is 10.8. The number of nitrogens with zero attached hydrogens (tertiary/aromatic N) is 3. The Balaban J connectivity index is 1.49. The predicted octanol–water partition coefficient (Wildman–Crippen LogP) is 2.40. The van der Waals surface area contributed by atoms with Crippen LogP contribution in [0.25, 0.3) is 0 Å². The maximum atomic E-state index is 12.0. The van der Waals surface area contributed by atoms with Crippen molar-refractivity contribution in [2.45, 2.75) is 51.9 Å². The molecule has 0 bridgehead atoms. The third kappa shape index (κ3) is 4.10. The molecule has 0 spiro atoms. The van der Waals surface area contributed by atoms with Crippen molar-refractivity contribution in [1.82, 2.24) is 15.0 Å². The van der Waals surface area contributed by atoms with Crippen LogP contribution in [0.3, 0.4) is 0 Å². The van der Waals surface area contributed by atoms with E-state index in [0.717, 1.165) is 70.1 Å². The van der Waals surface area contributed by atoms with Crippen molar-refractivity contribution in [3.05, 3.63) is 11.7 Å². The zero-order chi connectivity index (χ0) is 16.2. The molecule has 0 aliphatic carbocycles. The highest BCUT2D eigenvalue weighted by Gasteiger charge is 2.26. The van der Waals surface area contributed by atoms with Gasteiger partial charge in [-0.15, -0.1) is 0 Å². The largest absolute Gasteiger partial charge is 0.381 e. The Kier molecular flexibility index (Phi) is 5.30. The Morgan fingerprint density at radius 1 is 1.22 bits per heavy atom.